The molecule has 1 saturated heterocycles. The minimum atomic E-state index is -1.03. The standard InChI is InChI=1S/C21H30FNO4/c1-21(2,3)27-20(24)23-14-18(22)13-19(23)16-26-12-8-7-11-25-15-17-9-5-4-6-10-17/h4-10,18-19H,11-16H2,1-3H3/b8-7-/t18-,19-/m0/s1. The van der Waals surface area contributed by atoms with E-state index in [1.54, 1.807) is 20.8 Å². The van der Waals surface area contributed by atoms with Crippen molar-refractivity contribution in [2.24, 2.45) is 0 Å². The van der Waals surface area contributed by atoms with Crippen molar-refractivity contribution in [2.45, 2.75) is 51.6 Å². The molecule has 0 saturated carbocycles. The molecule has 1 aromatic rings. The molecule has 1 aliphatic rings. The molecule has 1 heterocycles. The predicted octanol–water partition coefficient (Wildman–Crippen LogP) is 4.12. The zero-order valence-electron chi connectivity index (χ0n) is 16.4. The number of likely N-dealkylation sites (tertiary alicyclic amines) is 1. The molecule has 0 aliphatic carbocycles. The zero-order chi connectivity index (χ0) is 19.7. The zero-order valence-corrected chi connectivity index (χ0v) is 16.4. The van der Waals surface area contributed by atoms with E-state index in [0.29, 0.717) is 19.8 Å². The first kappa shape index (κ1) is 21.4. The molecular formula is C21H30FNO4. The Morgan fingerprint density at radius 3 is 2.52 bits per heavy atom. The second kappa shape index (κ2) is 10.4. The number of carbonyl (C=O) groups is 1. The van der Waals surface area contributed by atoms with Crippen molar-refractivity contribution in [2.75, 3.05) is 26.4 Å². The van der Waals surface area contributed by atoms with Crippen LogP contribution >= 0.6 is 0 Å². The summed E-state index contributed by atoms with van der Waals surface area (Å²) in [6.07, 6.45) is 2.52. The van der Waals surface area contributed by atoms with Gasteiger partial charge in [-0.2, -0.15) is 0 Å². The number of hydrogen-bond donors (Lipinski definition) is 0. The Balaban J connectivity index is 1.63. The van der Waals surface area contributed by atoms with Crippen LogP contribution in [-0.2, 0) is 20.8 Å². The maximum atomic E-state index is 13.7. The first-order chi connectivity index (χ1) is 12.8. The Morgan fingerprint density at radius 1 is 1.19 bits per heavy atom. The summed E-state index contributed by atoms with van der Waals surface area (Å²) in [5.74, 6) is 0. The second-order valence-electron chi connectivity index (χ2n) is 7.63. The van der Waals surface area contributed by atoms with E-state index in [0.717, 1.165) is 5.56 Å². The predicted molar refractivity (Wildman–Crippen MR) is 102 cm³/mol. The topological polar surface area (TPSA) is 48.0 Å². The third-order valence-corrected chi connectivity index (χ3v) is 4.01. The lowest BCUT2D eigenvalue weighted by molar-refractivity contribution is 0.0123. The highest BCUT2D eigenvalue weighted by molar-refractivity contribution is 5.69. The molecule has 27 heavy (non-hydrogen) atoms. The van der Waals surface area contributed by atoms with E-state index in [2.05, 4.69) is 0 Å². The van der Waals surface area contributed by atoms with Crippen LogP contribution in [0.1, 0.15) is 32.8 Å². The maximum absolute atomic E-state index is 13.7. The molecule has 150 valence electrons. The SMILES string of the molecule is CC(C)(C)OC(=O)N1C[C@@H](F)C[C@H]1COC/C=C\COCc1ccccc1. The number of carbonyl (C=O) groups excluding carboxylic acids is 1. The fourth-order valence-corrected chi connectivity index (χ4v) is 2.79. The second-order valence-corrected chi connectivity index (χ2v) is 7.63. The number of benzene rings is 1. The van der Waals surface area contributed by atoms with Crippen LogP contribution in [0.2, 0.25) is 0 Å². The molecule has 1 amide bonds. The lowest BCUT2D eigenvalue weighted by Gasteiger charge is -2.28. The Labute approximate surface area is 161 Å². The van der Waals surface area contributed by atoms with Crippen LogP contribution in [0.15, 0.2) is 42.5 Å². The minimum absolute atomic E-state index is 0.0616. The van der Waals surface area contributed by atoms with Crippen LogP contribution in [0.5, 0.6) is 0 Å². The van der Waals surface area contributed by atoms with Crippen molar-refractivity contribution >= 4 is 6.09 Å². The summed E-state index contributed by atoms with van der Waals surface area (Å²) in [6, 6.07) is 9.67. The third-order valence-electron chi connectivity index (χ3n) is 4.01. The normalized spacial score (nSPS) is 20.4. The van der Waals surface area contributed by atoms with Crippen molar-refractivity contribution in [1.29, 1.82) is 0 Å². The number of rotatable bonds is 8. The lowest BCUT2D eigenvalue weighted by atomic mass is 10.2. The Kier molecular flexibility index (Phi) is 8.25. The van der Waals surface area contributed by atoms with Gasteiger partial charge in [0.05, 0.1) is 39.0 Å². The van der Waals surface area contributed by atoms with Crippen molar-refractivity contribution in [3.63, 3.8) is 0 Å². The lowest BCUT2D eigenvalue weighted by Crippen LogP contribution is -2.41. The fraction of sp³-hybridized carbons (Fsp3) is 0.571. The molecule has 5 nitrogen and oxygen atoms in total. The summed E-state index contributed by atoms with van der Waals surface area (Å²) in [5.41, 5.74) is 0.533. The highest BCUT2D eigenvalue weighted by Gasteiger charge is 2.37. The van der Waals surface area contributed by atoms with Crippen molar-refractivity contribution in [3.05, 3.63) is 48.0 Å². The summed E-state index contributed by atoms with van der Waals surface area (Å²) < 4.78 is 30.2. The Hall–Kier alpha value is -1.92. The van der Waals surface area contributed by atoms with E-state index in [-0.39, 0.29) is 25.6 Å². The van der Waals surface area contributed by atoms with E-state index in [9.17, 15) is 9.18 Å². The molecule has 2 atom stereocenters. The van der Waals surface area contributed by atoms with E-state index >= 15 is 0 Å². The van der Waals surface area contributed by atoms with Gasteiger partial charge in [0.15, 0.2) is 0 Å². The number of ether oxygens (including phenoxy) is 3. The minimum Gasteiger partial charge on any atom is -0.444 e. The summed E-state index contributed by atoms with van der Waals surface area (Å²) in [5, 5.41) is 0. The fourth-order valence-electron chi connectivity index (χ4n) is 2.79. The van der Waals surface area contributed by atoms with Crippen LogP contribution in [0.25, 0.3) is 0 Å². The van der Waals surface area contributed by atoms with Crippen LogP contribution < -0.4 is 0 Å². The first-order valence-electron chi connectivity index (χ1n) is 9.33. The van der Waals surface area contributed by atoms with Crippen molar-refractivity contribution in [3.8, 4) is 0 Å². The third kappa shape index (κ3) is 8.10. The van der Waals surface area contributed by atoms with Crippen LogP contribution in [0.4, 0.5) is 9.18 Å². The van der Waals surface area contributed by atoms with E-state index < -0.39 is 17.9 Å². The van der Waals surface area contributed by atoms with Gasteiger partial charge in [-0.05, 0) is 26.3 Å². The smallest absolute Gasteiger partial charge is 0.410 e. The van der Waals surface area contributed by atoms with Gasteiger partial charge in [0.1, 0.15) is 11.8 Å². The molecule has 1 aromatic carbocycles. The molecule has 2 rings (SSSR count). The number of nitrogens with zero attached hydrogens (tertiary/aromatic N) is 1. The van der Waals surface area contributed by atoms with Crippen LogP contribution in [0, 0.1) is 0 Å². The highest BCUT2D eigenvalue weighted by Crippen LogP contribution is 2.23. The Morgan fingerprint density at radius 2 is 1.85 bits per heavy atom. The van der Waals surface area contributed by atoms with Crippen LogP contribution in [-0.4, -0.2) is 55.2 Å². The molecule has 1 aliphatic heterocycles. The average Bonchev–Trinajstić information content (AvgIpc) is 2.97. The highest BCUT2D eigenvalue weighted by atomic mass is 19.1. The van der Waals surface area contributed by atoms with Gasteiger partial charge in [-0.3, -0.25) is 4.90 Å². The van der Waals surface area contributed by atoms with Gasteiger partial charge in [-0.1, -0.05) is 42.5 Å². The first-order valence-corrected chi connectivity index (χ1v) is 9.33. The van der Waals surface area contributed by atoms with Crippen LogP contribution in [0.3, 0.4) is 0 Å². The molecule has 0 unspecified atom stereocenters. The molecule has 0 radical (unpaired) electrons. The molecule has 6 heteroatoms. The Bertz CT molecular complexity index is 600. The number of alkyl halides is 1. The summed E-state index contributed by atoms with van der Waals surface area (Å²) in [6.45, 7) is 7.19. The van der Waals surface area contributed by atoms with Gasteiger partial charge in [0.2, 0.25) is 0 Å². The number of amides is 1. The summed E-state index contributed by atoms with van der Waals surface area (Å²) >= 11 is 0. The van der Waals surface area contributed by atoms with Crippen molar-refractivity contribution < 1.29 is 23.4 Å². The molecule has 0 spiro atoms. The molecule has 0 bridgehead atoms. The van der Waals surface area contributed by atoms with Gasteiger partial charge in [-0.25, -0.2) is 9.18 Å². The molecule has 1 fully saturated rings. The van der Waals surface area contributed by atoms with Gasteiger partial charge in [0.25, 0.3) is 0 Å². The van der Waals surface area contributed by atoms with Gasteiger partial charge in [0, 0.05) is 6.42 Å². The van der Waals surface area contributed by atoms with Gasteiger partial charge < -0.3 is 14.2 Å². The molecular weight excluding hydrogens is 349 g/mol. The maximum Gasteiger partial charge on any atom is 0.410 e. The number of hydrogen-bond acceptors (Lipinski definition) is 4. The number of halogens is 1. The molecule has 0 aromatic heterocycles. The average molecular weight is 379 g/mol. The van der Waals surface area contributed by atoms with E-state index in [1.807, 2.05) is 42.5 Å². The van der Waals surface area contributed by atoms with E-state index in [4.69, 9.17) is 14.2 Å². The monoisotopic (exact) mass is 379 g/mol. The van der Waals surface area contributed by atoms with Gasteiger partial charge in [-0.15, -0.1) is 0 Å². The van der Waals surface area contributed by atoms with E-state index in [1.165, 1.54) is 4.90 Å². The summed E-state index contributed by atoms with van der Waals surface area (Å²) in [4.78, 5) is 13.6. The molecule has 0 N–H and O–H groups in total. The largest absolute Gasteiger partial charge is 0.444 e. The van der Waals surface area contributed by atoms with Crippen molar-refractivity contribution in [1.82, 2.24) is 4.90 Å². The summed E-state index contributed by atoms with van der Waals surface area (Å²) in [7, 11) is 0. The quantitative estimate of drug-likeness (QED) is 0.503. The van der Waals surface area contributed by atoms with Gasteiger partial charge >= 0.3 is 6.09 Å².